The third-order valence-electron chi connectivity index (χ3n) is 1.96. The van der Waals surface area contributed by atoms with Crippen LogP contribution in [0.2, 0.25) is 0 Å². The second kappa shape index (κ2) is 4.05. The van der Waals surface area contributed by atoms with Crippen LogP contribution >= 0.6 is 0 Å². The van der Waals surface area contributed by atoms with Gasteiger partial charge in [-0.2, -0.15) is 0 Å². The fraction of sp³-hybridized carbons (Fsp3) is 0.300. The number of carboxylic acid groups (broad SMARTS) is 1. The van der Waals surface area contributed by atoms with E-state index >= 15 is 0 Å². The fourth-order valence-corrected chi connectivity index (χ4v) is 1.13. The Morgan fingerprint density at radius 3 is 2.62 bits per heavy atom. The van der Waals surface area contributed by atoms with E-state index in [2.05, 4.69) is 0 Å². The van der Waals surface area contributed by atoms with Crippen LogP contribution in [-0.4, -0.2) is 22.3 Å². The molecule has 70 valence electrons. The number of rotatable bonds is 3. The van der Waals surface area contributed by atoms with Crippen molar-refractivity contribution < 1.29 is 15.0 Å². The van der Waals surface area contributed by atoms with Crippen molar-refractivity contribution in [2.45, 2.75) is 19.4 Å². The first-order valence-electron chi connectivity index (χ1n) is 4.06. The van der Waals surface area contributed by atoms with Crippen molar-refractivity contribution in [3.8, 4) is 0 Å². The minimum Gasteiger partial charge on any atom is -0.479 e. The molecule has 3 nitrogen and oxygen atoms in total. The highest BCUT2D eigenvalue weighted by Gasteiger charge is 2.14. The Bertz CT molecular complexity index is 307. The smallest absolute Gasteiger partial charge is 0.332 e. The quantitative estimate of drug-likeness (QED) is 0.729. The lowest BCUT2D eigenvalue weighted by Crippen LogP contribution is -2.22. The number of aliphatic carboxylic acids is 1. The van der Waals surface area contributed by atoms with E-state index in [9.17, 15) is 4.79 Å². The summed E-state index contributed by atoms with van der Waals surface area (Å²) in [5.41, 5.74) is 1.88. The number of aryl methyl sites for hydroxylation is 1. The van der Waals surface area contributed by atoms with Crippen LogP contribution in [0.15, 0.2) is 24.3 Å². The van der Waals surface area contributed by atoms with Gasteiger partial charge in [0.2, 0.25) is 0 Å². The van der Waals surface area contributed by atoms with Crippen molar-refractivity contribution in [2.24, 2.45) is 0 Å². The molecule has 13 heavy (non-hydrogen) atoms. The molecule has 1 aromatic rings. The highest BCUT2D eigenvalue weighted by Crippen LogP contribution is 2.09. The van der Waals surface area contributed by atoms with Gasteiger partial charge >= 0.3 is 5.97 Å². The van der Waals surface area contributed by atoms with Crippen LogP contribution in [0.1, 0.15) is 11.1 Å². The van der Waals surface area contributed by atoms with E-state index < -0.39 is 12.1 Å². The zero-order valence-corrected chi connectivity index (χ0v) is 7.40. The number of carboxylic acids is 1. The van der Waals surface area contributed by atoms with Gasteiger partial charge in [0.1, 0.15) is 0 Å². The average Bonchev–Trinajstić information content (AvgIpc) is 2.08. The number of benzene rings is 1. The maximum absolute atomic E-state index is 10.4. The largest absolute Gasteiger partial charge is 0.479 e. The van der Waals surface area contributed by atoms with E-state index in [1.165, 1.54) is 0 Å². The number of hydrogen-bond acceptors (Lipinski definition) is 2. The Hall–Kier alpha value is -1.35. The first kappa shape index (κ1) is 9.74. The van der Waals surface area contributed by atoms with Crippen molar-refractivity contribution in [3.05, 3.63) is 35.4 Å². The lowest BCUT2D eigenvalue weighted by molar-refractivity contribution is -0.146. The Morgan fingerprint density at radius 2 is 2.08 bits per heavy atom. The monoisotopic (exact) mass is 180 g/mol. The lowest BCUT2D eigenvalue weighted by atomic mass is 10.0. The molecule has 0 saturated heterocycles. The SMILES string of the molecule is Cc1ccccc1C[C@H](O)C(=O)O. The summed E-state index contributed by atoms with van der Waals surface area (Å²) in [6.07, 6.45) is -1.14. The van der Waals surface area contributed by atoms with Gasteiger partial charge in [-0.15, -0.1) is 0 Å². The second-order valence-corrected chi connectivity index (χ2v) is 2.98. The Kier molecular flexibility index (Phi) is 3.03. The van der Waals surface area contributed by atoms with Crippen LogP contribution < -0.4 is 0 Å². The van der Waals surface area contributed by atoms with Crippen molar-refractivity contribution in [3.63, 3.8) is 0 Å². The van der Waals surface area contributed by atoms with Crippen LogP contribution in [0.4, 0.5) is 0 Å². The average molecular weight is 180 g/mol. The summed E-state index contributed by atoms with van der Waals surface area (Å²) in [6.45, 7) is 1.89. The van der Waals surface area contributed by atoms with Crippen molar-refractivity contribution in [2.75, 3.05) is 0 Å². The van der Waals surface area contributed by atoms with Gasteiger partial charge in [-0.1, -0.05) is 24.3 Å². The first-order chi connectivity index (χ1) is 6.11. The van der Waals surface area contributed by atoms with Gasteiger partial charge in [0.15, 0.2) is 6.10 Å². The third-order valence-corrected chi connectivity index (χ3v) is 1.96. The standard InChI is InChI=1S/C10H12O3/c1-7-4-2-3-5-8(7)6-9(11)10(12)13/h2-5,9,11H,6H2,1H3,(H,12,13)/t9-/m0/s1. The molecule has 0 aliphatic heterocycles. The van der Waals surface area contributed by atoms with Crippen LogP contribution in [0.5, 0.6) is 0 Å². The van der Waals surface area contributed by atoms with Crippen molar-refractivity contribution >= 4 is 5.97 Å². The predicted molar refractivity (Wildman–Crippen MR) is 48.5 cm³/mol. The minimum absolute atomic E-state index is 0.169. The van der Waals surface area contributed by atoms with Gasteiger partial charge in [-0.05, 0) is 18.1 Å². The van der Waals surface area contributed by atoms with Crippen LogP contribution in [0.3, 0.4) is 0 Å². The summed E-state index contributed by atoms with van der Waals surface area (Å²) in [5.74, 6) is -1.18. The summed E-state index contributed by atoms with van der Waals surface area (Å²) in [7, 11) is 0. The fourth-order valence-electron chi connectivity index (χ4n) is 1.13. The summed E-state index contributed by atoms with van der Waals surface area (Å²) in [6, 6.07) is 7.42. The Balaban J connectivity index is 2.74. The predicted octanol–water partition coefficient (Wildman–Crippen LogP) is 0.983. The van der Waals surface area contributed by atoms with Gasteiger partial charge in [-0.25, -0.2) is 4.79 Å². The van der Waals surface area contributed by atoms with Gasteiger partial charge in [0, 0.05) is 6.42 Å². The lowest BCUT2D eigenvalue weighted by Gasteiger charge is -2.07. The molecule has 0 saturated carbocycles. The van der Waals surface area contributed by atoms with E-state index in [1.807, 2.05) is 31.2 Å². The van der Waals surface area contributed by atoms with Crippen molar-refractivity contribution in [1.29, 1.82) is 0 Å². The molecule has 0 spiro atoms. The van der Waals surface area contributed by atoms with Crippen molar-refractivity contribution in [1.82, 2.24) is 0 Å². The molecule has 0 aliphatic rings. The first-order valence-corrected chi connectivity index (χ1v) is 4.06. The molecule has 1 aromatic carbocycles. The number of hydrogen-bond donors (Lipinski definition) is 2. The molecule has 0 heterocycles. The zero-order chi connectivity index (χ0) is 9.84. The molecule has 0 unspecified atom stereocenters. The van der Waals surface area contributed by atoms with Crippen LogP contribution in [0.25, 0.3) is 0 Å². The molecule has 0 aromatic heterocycles. The molecular weight excluding hydrogens is 168 g/mol. The molecule has 2 N–H and O–H groups in total. The summed E-state index contributed by atoms with van der Waals surface area (Å²) in [5, 5.41) is 17.6. The van der Waals surface area contributed by atoms with Gasteiger partial charge in [0.05, 0.1) is 0 Å². The summed E-state index contributed by atoms with van der Waals surface area (Å²) in [4.78, 5) is 10.4. The van der Waals surface area contributed by atoms with Gasteiger partial charge in [0.25, 0.3) is 0 Å². The second-order valence-electron chi connectivity index (χ2n) is 2.98. The molecular formula is C10H12O3. The topological polar surface area (TPSA) is 57.5 Å². The van der Waals surface area contributed by atoms with Gasteiger partial charge < -0.3 is 10.2 Å². The molecule has 0 amide bonds. The van der Waals surface area contributed by atoms with E-state index in [0.29, 0.717) is 0 Å². The maximum Gasteiger partial charge on any atom is 0.332 e. The molecule has 3 heteroatoms. The Morgan fingerprint density at radius 1 is 1.46 bits per heavy atom. The zero-order valence-electron chi connectivity index (χ0n) is 7.40. The van der Waals surface area contributed by atoms with Crippen LogP contribution in [-0.2, 0) is 11.2 Å². The van der Waals surface area contributed by atoms with Gasteiger partial charge in [-0.3, -0.25) is 0 Å². The molecule has 0 radical (unpaired) electrons. The minimum atomic E-state index is -1.30. The van der Waals surface area contributed by atoms with E-state index in [0.717, 1.165) is 11.1 Å². The molecule has 0 aliphatic carbocycles. The maximum atomic E-state index is 10.4. The molecule has 1 atom stereocenters. The normalized spacial score (nSPS) is 12.5. The third kappa shape index (κ3) is 2.56. The number of aliphatic hydroxyl groups excluding tert-OH is 1. The van der Waals surface area contributed by atoms with E-state index in [4.69, 9.17) is 10.2 Å². The van der Waals surface area contributed by atoms with Crippen LogP contribution in [0, 0.1) is 6.92 Å². The molecule has 0 fully saturated rings. The van der Waals surface area contributed by atoms with E-state index in [-0.39, 0.29) is 6.42 Å². The van der Waals surface area contributed by atoms with E-state index in [1.54, 1.807) is 0 Å². The number of aliphatic hydroxyl groups is 1. The summed E-state index contributed by atoms with van der Waals surface area (Å²) >= 11 is 0. The molecule has 0 bridgehead atoms. The Labute approximate surface area is 76.6 Å². The highest BCUT2D eigenvalue weighted by atomic mass is 16.4. The number of carbonyl (C=O) groups is 1. The summed E-state index contributed by atoms with van der Waals surface area (Å²) < 4.78 is 0. The highest BCUT2D eigenvalue weighted by molar-refractivity contribution is 5.72. The molecule has 1 rings (SSSR count).